The van der Waals surface area contributed by atoms with Crippen molar-refractivity contribution in [2.24, 2.45) is 5.41 Å². The Labute approximate surface area is 116 Å². The van der Waals surface area contributed by atoms with E-state index in [1.54, 1.807) is 12.1 Å². The first-order valence-electron chi connectivity index (χ1n) is 6.17. The molecule has 2 N–H and O–H groups in total. The van der Waals surface area contributed by atoms with Gasteiger partial charge in [-0.15, -0.1) is 0 Å². The van der Waals surface area contributed by atoms with Gasteiger partial charge >= 0.3 is 5.97 Å². The summed E-state index contributed by atoms with van der Waals surface area (Å²) in [7, 11) is 0. The lowest BCUT2D eigenvalue weighted by Crippen LogP contribution is -2.32. The van der Waals surface area contributed by atoms with Gasteiger partial charge in [-0.1, -0.05) is 24.4 Å². The average molecular weight is 283 g/mol. The van der Waals surface area contributed by atoms with Crippen LogP contribution in [0.5, 0.6) is 0 Å². The number of halogens is 1. The summed E-state index contributed by atoms with van der Waals surface area (Å²) in [4.78, 5) is 27.2. The van der Waals surface area contributed by atoms with E-state index in [1.165, 1.54) is 6.20 Å². The molecule has 1 heterocycles. The van der Waals surface area contributed by atoms with Crippen LogP contribution in [-0.2, 0) is 9.59 Å². The van der Waals surface area contributed by atoms with Crippen molar-refractivity contribution in [2.45, 2.75) is 32.1 Å². The van der Waals surface area contributed by atoms with Crippen LogP contribution in [0.15, 0.2) is 18.3 Å². The van der Waals surface area contributed by atoms with Gasteiger partial charge in [-0.3, -0.25) is 9.59 Å². The average Bonchev–Trinajstić information content (AvgIpc) is 2.82. The van der Waals surface area contributed by atoms with Crippen molar-refractivity contribution in [2.75, 3.05) is 5.32 Å². The van der Waals surface area contributed by atoms with Crippen molar-refractivity contribution in [1.29, 1.82) is 0 Å². The zero-order chi connectivity index (χ0) is 13.9. The Morgan fingerprint density at radius 1 is 1.42 bits per heavy atom. The Balaban J connectivity index is 2.05. The highest BCUT2D eigenvalue weighted by Gasteiger charge is 2.43. The molecule has 1 aromatic heterocycles. The van der Waals surface area contributed by atoms with E-state index in [4.69, 9.17) is 11.6 Å². The van der Waals surface area contributed by atoms with Crippen molar-refractivity contribution in [3.8, 4) is 0 Å². The highest BCUT2D eigenvalue weighted by Crippen LogP contribution is 2.41. The SMILES string of the molecule is O=C(CC1(C(=O)O)CCCC1)Nc1cccnc1Cl. The van der Waals surface area contributed by atoms with Crippen LogP contribution in [0.1, 0.15) is 32.1 Å². The van der Waals surface area contributed by atoms with E-state index >= 15 is 0 Å². The van der Waals surface area contributed by atoms with Crippen molar-refractivity contribution in [3.05, 3.63) is 23.5 Å². The fraction of sp³-hybridized carbons (Fsp3) is 0.462. The predicted molar refractivity (Wildman–Crippen MR) is 71.0 cm³/mol. The van der Waals surface area contributed by atoms with E-state index in [1.807, 2.05) is 0 Å². The number of carboxylic acids is 1. The molecule has 1 aliphatic rings. The van der Waals surface area contributed by atoms with Gasteiger partial charge in [-0.2, -0.15) is 0 Å². The number of pyridine rings is 1. The Kier molecular flexibility index (Phi) is 4.04. The summed E-state index contributed by atoms with van der Waals surface area (Å²) < 4.78 is 0. The number of hydrogen-bond acceptors (Lipinski definition) is 3. The molecular formula is C13H15ClN2O3. The fourth-order valence-electron chi connectivity index (χ4n) is 2.50. The zero-order valence-corrected chi connectivity index (χ0v) is 11.1. The second-order valence-electron chi connectivity index (χ2n) is 4.86. The number of nitrogens with one attached hydrogen (secondary N) is 1. The number of aromatic nitrogens is 1. The lowest BCUT2D eigenvalue weighted by molar-refractivity contribution is -0.150. The maximum Gasteiger partial charge on any atom is 0.310 e. The number of hydrogen-bond donors (Lipinski definition) is 2. The Morgan fingerprint density at radius 2 is 2.11 bits per heavy atom. The van der Waals surface area contributed by atoms with Crippen LogP contribution in [0.25, 0.3) is 0 Å². The molecule has 0 atom stereocenters. The molecule has 1 saturated carbocycles. The summed E-state index contributed by atoms with van der Waals surface area (Å²) in [6.07, 6.45) is 4.31. The first-order valence-corrected chi connectivity index (χ1v) is 6.55. The van der Waals surface area contributed by atoms with E-state index in [9.17, 15) is 14.7 Å². The minimum atomic E-state index is -0.918. The van der Waals surface area contributed by atoms with E-state index in [0.717, 1.165) is 12.8 Å². The number of carbonyl (C=O) groups is 2. The quantitative estimate of drug-likeness (QED) is 0.832. The minimum Gasteiger partial charge on any atom is -0.481 e. The minimum absolute atomic E-state index is 0.0203. The molecule has 0 spiro atoms. The molecule has 1 fully saturated rings. The summed E-state index contributed by atoms with van der Waals surface area (Å²) in [5.41, 5.74) is -0.508. The molecule has 6 heteroatoms. The van der Waals surface area contributed by atoms with Gasteiger partial charge in [-0.05, 0) is 25.0 Å². The Bertz CT molecular complexity index is 498. The lowest BCUT2D eigenvalue weighted by Gasteiger charge is -2.22. The van der Waals surface area contributed by atoms with Gasteiger partial charge in [0, 0.05) is 12.6 Å². The van der Waals surface area contributed by atoms with Crippen LogP contribution in [-0.4, -0.2) is 22.0 Å². The fourth-order valence-corrected chi connectivity index (χ4v) is 2.67. The number of carbonyl (C=O) groups excluding carboxylic acids is 1. The summed E-state index contributed by atoms with van der Waals surface area (Å²) in [6.45, 7) is 0. The topological polar surface area (TPSA) is 79.3 Å². The molecule has 0 aromatic carbocycles. The number of anilines is 1. The lowest BCUT2D eigenvalue weighted by atomic mass is 9.82. The number of rotatable bonds is 4. The summed E-state index contributed by atoms with van der Waals surface area (Å²) in [5.74, 6) is -1.23. The molecule has 1 aliphatic carbocycles. The second-order valence-corrected chi connectivity index (χ2v) is 5.22. The van der Waals surface area contributed by atoms with Crippen molar-refractivity contribution in [1.82, 2.24) is 4.98 Å². The van der Waals surface area contributed by atoms with Gasteiger partial charge in [0.15, 0.2) is 5.15 Å². The van der Waals surface area contributed by atoms with Gasteiger partial charge in [0.2, 0.25) is 5.91 Å². The normalized spacial score (nSPS) is 17.1. The molecule has 1 amide bonds. The first kappa shape index (κ1) is 13.8. The number of carboxylic acid groups (broad SMARTS) is 1. The van der Waals surface area contributed by atoms with Gasteiger partial charge in [0.1, 0.15) is 0 Å². The third-order valence-corrected chi connectivity index (χ3v) is 3.85. The van der Waals surface area contributed by atoms with Crippen LogP contribution in [0.2, 0.25) is 5.15 Å². The van der Waals surface area contributed by atoms with Gasteiger partial charge in [0.25, 0.3) is 0 Å². The molecule has 0 unspecified atom stereocenters. The Morgan fingerprint density at radius 3 is 2.68 bits per heavy atom. The molecular weight excluding hydrogens is 268 g/mol. The molecule has 0 radical (unpaired) electrons. The molecule has 5 nitrogen and oxygen atoms in total. The van der Waals surface area contributed by atoms with E-state index in [-0.39, 0.29) is 17.5 Å². The highest BCUT2D eigenvalue weighted by atomic mass is 35.5. The van der Waals surface area contributed by atoms with Crippen molar-refractivity contribution >= 4 is 29.2 Å². The summed E-state index contributed by atoms with van der Waals surface area (Å²) in [6, 6.07) is 3.29. The number of aliphatic carboxylic acids is 1. The molecule has 19 heavy (non-hydrogen) atoms. The third kappa shape index (κ3) is 3.04. The van der Waals surface area contributed by atoms with Crippen molar-refractivity contribution < 1.29 is 14.7 Å². The molecule has 0 aliphatic heterocycles. The van der Waals surface area contributed by atoms with Crippen LogP contribution in [0.3, 0.4) is 0 Å². The van der Waals surface area contributed by atoms with Crippen LogP contribution >= 0.6 is 11.6 Å². The van der Waals surface area contributed by atoms with Crippen molar-refractivity contribution in [3.63, 3.8) is 0 Å². The summed E-state index contributed by atoms with van der Waals surface area (Å²) in [5, 5.41) is 12.1. The van der Waals surface area contributed by atoms with E-state index in [2.05, 4.69) is 10.3 Å². The highest BCUT2D eigenvalue weighted by molar-refractivity contribution is 6.32. The molecule has 1 aromatic rings. The smallest absolute Gasteiger partial charge is 0.310 e. The van der Waals surface area contributed by atoms with Crippen LogP contribution < -0.4 is 5.32 Å². The zero-order valence-electron chi connectivity index (χ0n) is 10.4. The second kappa shape index (κ2) is 5.57. The van der Waals surface area contributed by atoms with Gasteiger partial charge in [-0.25, -0.2) is 4.98 Å². The third-order valence-electron chi connectivity index (χ3n) is 3.55. The molecule has 2 rings (SSSR count). The van der Waals surface area contributed by atoms with E-state index < -0.39 is 11.4 Å². The number of amides is 1. The maximum atomic E-state index is 12.0. The maximum absolute atomic E-state index is 12.0. The standard InChI is InChI=1S/C13H15ClN2O3/c14-11-9(4-3-7-15-11)16-10(17)8-13(12(18)19)5-1-2-6-13/h3-4,7H,1-2,5-6,8H2,(H,16,17)(H,18,19). The monoisotopic (exact) mass is 282 g/mol. The van der Waals surface area contributed by atoms with Gasteiger partial charge in [0.05, 0.1) is 11.1 Å². The van der Waals surface area contributed by atoms with Crippen LogP contribution in [0, 0.1) is 5.41 Å². The largest absolute Gasteiger partial charge is 0.481 e. The van der Waals surface area contributed by atoms with Gasteiger partial charge < -0.3 is 10.4 Å². The predicted octanol–water partition coefficient (Wildman–Crippen LogP) is 2.71. The first-order chi connectivity index (χ1) is 9.03. The van der Waals surface area contributed by atoms with E-state index in [0.29, 0.717) is 18.5 Å². The summed E-state index contributed by atoms with van der Waals surface area (Å²) >= 11 is 5.84. The molecule has 0 saturated heterocycles. The number of nitrogens with zero attached hydrogens (tertiary/aromatic N) is 1. The molecule has 102 valence electrons. The molecule has 0 bridgehead atoms. The Hall–Kier alpha value is -1.62. The van der Waals surface area contributed by atoms with Crippen LogP contribution in [0.4, 0.5) is 5.69 Å².